The minimum Gasteiger partial charge on any atom is -0.367 e. The van der Waals surface area contributed by atoms with Gasteiger partial charge in [0.1, 0.15) is 5.82 Å². The quantitative estimate of drug-likeness (QED) is 0.478. The van der Waals surface area contributed by atoms with Crippen molar-refractivity contribution in [2.75, 3.05) is 36.8 Å². The summed E-state index contributed by atoms with van der Waals surface area (Å²) in [5.74, 6) is -1.34. The Kier molecular flexibility index (Phi) is 6.55. The fraction of sp³-hybridized carbons (Fsp3) is 0.429. The molecule has 0 N–H and O–H groups in total. The Labute approximate surface area is 167 Å². The second kappa shape index (κ2) is 8.74. The Bertz CT molecular complexity index is 797. The number of thioether (sulfide) groups is 1. The van der Waals surface area contributed by atoms with E-state index in [4.69, 9.17) is 0 Å². The summed E-state index contributed by atoms with van der Waals surface area (Å²) in [7, 11) is 0. The summed E-state index contributed by atoms with van der Waals surface area (Å²) < 4.78 is 52.1. The van der Waals surface area contributed by atoms with E-state index in [-0.39, 0.29) is 5.82 Å². The first-order valence-corrected chi connectivity index (χ1v) is 10.2. The summed E-state index contributed by atoms with van der Waals surface area (Å²) in [5.41, 5.74) is 3.40. The van der Waals surface area contributed by atoms with Gasteiger partial charge in [-0.3, -0.25) is 4.90 Å². The third kappa shape index (κ3) is 5.64. The minimum atomic E-state index is -4.24. The zero-order valence-corrected chi connectivity index (χ0v) is 16.8. The molecule has 28 heavy (non-hydrogen) atoms. The molecule has 2 aromatic carbocycles. The number of anilines is 1. The molecule has 1 aliphatic rings. The van der Waals surface area contributed by atoms with E-state index in [0.29, 0.717) is 41.0 Å². The van der Waals surface area contributed by atoms with E-state index in [9.17, 15) is 17.6 Å². The maximum atomic E-state index is 14.5. The maximum absolute atomic E-state index is 14.5. The summed E-state index contributed by atoms with van der Waals surface area (Å²) >= 11 is 0.716. The van der Waals surface area contributed by atoms with Crippen molar-refractivity contribution in [3.05, 3.63) is 58.9 Å². The molecule has 0 spiro atoms. The number of halogens is 4. The molecule has 0 bridgehead atoms. The predicted octanol–water partition coefficient (Wildman–Crippen LogP) is 5.42. The van der Waals surface area contributed by atoms with Gasteiger partial charge in [-0.15, -0.1) is 11.8 Å². The number of hydrogen-bond donors (Lipinski definition) is 0. The molecule has 1 aliphatic heterocycles. The van der Waals surface area contributed by atoms with Crippen molar-refractivity contribution in [1.29, 1.82) is 0 Å². The highest BCUT2D eigenvalue weighted by molar-refractivity contribution is 7.99. The van der Waals surface area contributed by atoms with E-state index in [1.165, 1.54) is 17.2 Å². The fourth-order valence-corrected chi connectivity index (χ4v) is 4.10. The van der Waals surface area contributed by atoms with Gasteiger partial charge in [-0.05, 0) is 37.1 Å². The lowest BCUT2D eigenvalue weighted by Crippen LogP contribution is -2.46. The largest absolute Gasteiger partial charge is 0.398 e. The van der Waals surface area contributed by atoms with Crippen molar-refractivity contribution in [1.82, 2.24) is 4.90 Å². The SMILES string of the molecule is Cc1ccc(CN2CCN(c3cc(SCC(F)(F)F)c(C)cc3F)CC2)cc1. The zero-order chi connectivity index (χ0) is 20.3. The van der Waals surface area contributed by atoms with Gasteiger partial charge in [0.15, 0.2) is 0 Å². The topological polar surface area (TPSA) is 6.48 Å². The van der Waals surface area contributed by atoms with E-state index < -0.39 is 11.9 Å². The lowest BCUT2D eigenvalue weighted by molar-refractivity contribution is -0.105. The number of nitrogens with zero attached hydrogens (tertiary/aromatic N) is 2. The average Bonchev–Trinajstić information content (AvgIpc) is 2.63. The van der Waals surface area contributed by atoms with Crippen LogP contribution in [0.1, 0.15) is 16.7 Å². The summed E-state index contributed by atoms with van der Waals surface area (Å²) in [4.78, 5) is 4.72. The molecule has 0 aliphatic carbocycles. The number of rotatable bonds is 5. The van der Waals surface area contributed by atoms with Crippen LogP contribution in [0, 0.1) is 19.7 Å². The Hall–Kier alpha value is -1.73. The highest BCUT2D eigenvalue weighted by Crippen LogP contribution is 2.34. The lowest BCUT2D eigenvalue weighted by atomic mass is 10.1. The number of benzene rings is 2. The van der Waals surface area contributed by atoms with E-state index >= 15 is 0 Å². The van der Waals surface area contributed by atoms with Crippen molar-refractivity contribution in [2.24, 2.45) is 0 Å². The Balaban J connectivity index is 1.63. The third-order valence-electron chi connectivity index (χ3n) is 4.88. The van der Waals surface area contributed by atoms with E-state index in [0.717, 1.165) is 19.6 Å². The molecular formula is C21H24F4N2S. The monoisotopic (exact) mass is 412 g/mol. The molecular weight excluding hydrogens is 388 g/mol. The summed E-state index contributed by atoms with van der Waals surface area (Å²) in [6, 6.07) is 11.3. The van der Waals surface area contributed by atoms with Crippen LogP contribution in [0.15, 0.2) is 41.3 Å². The van der Waals surface area contributed by atoms with Gasteiger partial charge in [0.2, 0.25) is 0 Å². The molecule has 0 amide bonds. The zero-order valence-electron chi connectivity index (χ0n) is 16.0. The first-order valence-electron chi connectivity index (χ1n) is 9.24. The molecule has 152 valence electrons. The van der Waals surface area contributed by atoms with Gasteiger partial charge in [-0.1, -0.05) is 29.8 Å². The molecule has 0 atom stereocenters. The summed E-state index contributed by atoms with van der Waals surface area (Å²) in [6.45, 7) is 7.41. The number of piperazine rings is 1. The second-order valence-corrected chi connectivity index (χ2v) is 8.24. The van der Waals surface area contributed by atoms with E-state index in [1.807, 2.05) is 4.90 Å². The first kappa shape index (κ1) is 21.0. The molecule has 3 rings (SSSR count). The van der Waals surface area contributed by atoms with Crippen LogP contribution >= 0.6 is 11.8 Å². The molecule has 7 heteroatoms. The summed E-state index contributed by atoms with van der Waals surface area (Å²) in [6.07, 6.45) is -4.24. The van der Waals surface area contributed by atoms with Crippen molar-refractivity contribution in [2.45, 2.75) is 31.5 Å². The molecule has 0 aromatic heterocycles. The molecule has 2 aromatic rings. The number of alkyl halides is 3. The van der Waals surface area contributed by atoms with Gasteiger partial charge in [0, 0.05) is 37.6 Å². The van der Waals surface area contributed by atoms with Crippen LogP contribution in [0.2, 0.25) is 0 Å². The smallest absolute Gasteiger partial charge is 0.367 e. The Morgan fingerprint density at radius 3 is 2.21 bits per heavy atom. The van der Waals surface area contributed by atoms with E-state index in [2.05, 4.69) is 36.1 Å². The van der Waals surface area contributed by atoms with Crippen LogP contribution in [0.25, 0.3) is 0 Å². The molecule has 1 fully saturated rings. The fourth-order valence-electron chi connectivity index (χ4n) is 3.30. The van der Waals surface area contributed by atoms with Crippen LogP contribution in [0.3, 0.4) is 0 Å². The van der Waals surface area contributed by atoms with Gasteiger partial charge >= 0.3 is 6.18 Å². The van der Waals surface area contributed by atoms with Crippen LogP contribution in [0.5, 0.6) is 0 Å². The second-order valence-electron chi connectivity index (χ2n) is 7.22. The minimum absolute atomic E-state index is 0.374. The van der Waals surface area contributed by atoms with Crippen LogP contribution in [-0.2, 0) is 6.54 Å². The van der Waals surface area contributed by atoms with E-state index in [1.54, 1.807) is 13.0 Å². The molecule has 2 nitrogen and oxygen atoms in total. The van der Waals surface area contributed by atoms with Gasteiger partial charge in [-0.2, -0.15) is 13.2 Å². The van der Waals surface area contributed by atoms with Gasteiger partial charge in [0.05, 0.1) is 11.4 Å². The molecule has 0 radical (unpaired) electrons. The number of hydrogen-bond acceptors (Lipinski definition) is 3. The number of aryl methyl sites for hydroxylation is 2. The average molecular weight is 412 g/mol. The molecule has 0 saturated carbocycles. The molecule has 1 heterocycles. The van der Waals surface area contributed by atoms with Gasteiger partial charge in [-0.25, -0.2) is 4.39 Å². The Morgan fingerprint density at radius 1 is 0.964 bits per heavy atom. The standard InChI is InChI=1S/C21H24F4N2S/c1-15-3-5-17(6-4-15)13-26-7-9-27(10-8-26)19-12-20(16(2)11-18(19)22)28-14-21(23,24)25/h3-6,11-12H,7-10,13-14H2,1-2H3. The third-order valence-corrected chi connectivity index (χ3v) is 6.10. The van der Waals surface area contributed by atoms with Crippen LogP contribution in [-0.4, -0.2) is 43.0 Å². The van der Waals surface area contributed by atoms with Crippen LogP contribution < -0.4 is 4.90 Å². The first-order chi connectivity index (χ1) is 13.2. The van der Waals surface area contributed by atoms with Crippen molar-refractivity contribution < 1.29 is 17.6 Å². The van der Waals surface area contributed by atoms with Gasteiger partial charge < -0.3 is 4.90 Å². The summed E-state index contributed by atoms with van der Waals surface area (Å²) in [5, 5.41) is 0. The maximum Gasteiger partial charge on any atom is 0.398 e. The van der Waals surface area contributed by atoms with Crippen molar-refractivity contribution in [3.63, 3.8) is 0 Å². The van der Waals surface area contributed by atoms with Crippen LogP contribution in [0.4, 0.5) is 23.2 Å². The lowest BCUT2D eigenvalue weighted by Gasteiger charge is -2.36. The molecule has 1 saturated heterocycles. The Morgan fingerprint density at radius 2 is 1.61 bits per heavy atom. The predicted molar refractivity (Wildman–Crippen MR) is 107 cm³/mol. The van der Waals surface area contributed by atoms with Crippen molar-refractivity contribution in [3.8, 4) is 0 Å². The van der Waals surface area contributed by atoms with Gasteiger partial charge in [0.25, 0.3) is 0 Å². The highest BCUT2D eigenvalue weighted by Gasteiger charge is 2.28. The normalized spacial score (nSPS) is 15.9. The highest BCUT2D eigenvalue weighted by atomic mass is 32.2. The van der Waals surface area contributed by atoms with Crippen molar-refractivity contribution >= 4 is 17.4 Å². The molecule has 0 unspecified atom stereocenters.